The summed E-state index contributed by atoms with van der Waals surface area (Å²) in [6.07, 6.45) is 1.37. The molecule has 2 N–H and O–H groups in total. The molecule has 2 atom stereocenters. The van der Waals surface area contributed by atoms with Crippen LogP contribution >= 0.6 is 0 Å². The van der Waals surface area contributed by atoms with Gasteiger partial charge in [-0.05, 0) is 82.1 Å². The van der Waals surface area contributed by atoms with Crippen LogP contribution in [0.1, 0.15) is 41.7 Å². The minimum atomic E-state index is -3.08. The van der Waals surface area contributed by atoms with E-state index in [0.29, 0.717) is 24.0 Å². The number of hydrogen-bond acceptors (Lipinski definition) is 5. The zero-order valence-corrected chi connectivity index (χ0v) is 22.0. The van der Waals surface area contributed by atoms with Crippen LogP contribution in [0, 0.1) is 11.3 Å². The third-order valence-corrected chi connectivity index (χ3v) is 10.1. The van der Waals surface area contributed by atoms with Crippen LogP contribution in [0.3, 0.4) is 0 Å². The number of fused-ring (bicyclic) bond motifs is 1. The number of carbonyl (C=O) groups excluding carboxylic acids is 2. The topological polar surface area (TPSA) is 116 Å². The molecular formula is C31H25N3O4S. The second kappa shape index (κ2) is 9.07. The lowest BCUT2D eigenvalue weighted by Gasteiger charge is -2.21. The molecule has 8 heteroatoms. The van der Waals surface area contributed by atoms with Crippen molar-refractivity contribution in [1.29, 1.82) is 5.26 Å². The number of rotatable bonds is 4. The Hall–Kier alpha value is -4.48. The highest BCUT2D eigenvalue weighted by Gasteiger charge is 2.43. The number of imide groups is 1. The quantitative estimate of drug-likeness (QED) is 0.342. The van der Waals surface area contributed by atoms with Gasteiger partial charge in [-0.15, -0.1) is 0 Å². The highest BCUT2D eigenvalue weighted by atomic mass is 32.2. The number of sulfone groups is 1. The Morgan fingerprint density at radius 2 is 1.59 bits per heavy atom. The molecule has 0 radical (unpaired) electrons. The van der Waals surface area contributed by atoms with Gasteiger partial charge in [-0.2, -0.15) is 5.26 Å². The van der Waals surface area contributed by atoms with E-state index in [0.717, 1.165) is 38.6 Å². The van der Waals surface area contributed by atoms with Crippen molar-refractivity contribution in [2.24, 2.45) is 0 Å². The minimum absolute atomic E-state index is 0.250. The van der Waals surface area contributed by atoms with Gasteiger partial charge in [0.25, 0.3) is 5.91 Å². The first-order valence-electron chi connectivity index (χ1n) is 12.7. The normalized spacial score (nSPS) is 21.9. The van der Waals surface area contributed by atoms with Crippen LogP contribution in [-0.2, 0) is 20.2 Å². The molecule has 4 aromatic rings. The van der Waals surface area contributed by atoms with Gasteiger partial charge in [0.05, 0.1) is 22.6 Å². The predicted octanol–water partition coefficient (Wildman–Crippen LogP) is 5.35. The number of nitrogens with one attached hydrogen (secondary N) is 2. The van der Waals surface area contributed by atoms with Gasteiger partial charge in [0.2, 0.25) is 0 Å². The van der Waals surface area contributed by atoms with Crippen molar-refractivity contribution in [2.75, 3.05) is 5.75 Å². The molecule has 4 aromatic carbocycles. The molecule has 2 fully saturated rings. The van der Waals surface area contributed by atoms with E-state index in [9.17, 15) is 23.3 Å². The first-order valence-corrected chi connectivity index (χ1v) is 14.4. The Balaban J connectivity index is 1.39. The first-order chi connectivity index (χ1) is 18.7. The van der Waals surface area contributed by atoms with Crippen LogP contribution in [0.2, 0.25) is 0 Å². The Morgan fingerprint density at radius 3 is 2.21 bits per heavy atom. The molecule has 0 aliphatic carbocycles. The fraction of sp³-hybridized carbons (Fsp3) is 0.194. The predicted molar refractivity (Wildman–Crippen MR) is 149 cm³/mol. The molecule has 3 amide bonds. The van der Waals surface area contributed by atoms with Gasteiger partial charge < -0.3 is 5.32 Å². The van der Waals surface area contributed by atoms with Crippen molar-refractivity contribution in [3.63, 3.8) is 0 Å². The fourth-order valence-electron chi connectivity index (χ4n) is 5.63. The van der Waals surface area contributed by atoms with Crippen LogP contribution < -0.4 is 10.6 Å². The maximum absolute atomic E-state index is 12.4. The summed E-state index contributed by atoms with van der Waals surface area (Å²) in [6.45, 7) is 1.66. The Kier molecular flexibility index (Phi) is 5.77. The Labute approximate surface area is 226 Å². The molecule has 2 unspecified atom stereocenters. The summed E-state index contributed by atoms with van der Waals surface area (Å²) in [4.78, 5) is 24.1. The summed E-state index contributed by atoms with van der Waals surface area (Å²) < 4.78 is 24.7. The summed E-state index contributed by atoms with van der Waals surface area (Å²) in [5.74, 6) is -0.155. The molecule has 2 heterocycles. The van der Waals surface area contributed by atoms with Gasteiger partial charge in [0.15, 0.2) is 9.84 Å². The van der Waals surface area contributed by atoms with Crippen molar-refractivity contribution in [3.8, 4) is 28.3 Å². The zero-order valence-electron chi connectivity index (χ0n) is 21.2. The Bertz CT molecular complexity index is 1810. The molecule has 0 aromatic heterocycles. The summed E-state index contributed by atoms with van der Waals surface area (Å²) in [5, 5.41) is 16.1. The average molecular weight is 536 g/mol. The van der Waals surface area contributed by atoms with Gasteiger partial charge in [-0.3, -0.25) is 10.1 Å². The van der Waals surface area contributed by atoms with Gasteiger partial charge >= 0.3 is 6.03 Å². The van der Waals surface area contributed by atoms with Gasteiger partial charge in [-0.1, -0.05) is 60.7 Å². The van der Waals surface area contributed by atoms with Crippen molar-refractivity contribution in [1.82, 2.24) is 10.6 Å². The van der Waals surface area contributed by atoms with E-state index in [2.05, 4.69) is 22.8 Å². The van der Waals surface area contributed by atoms with Crippen molar-refractivity contribution >= 4 is 32.5 Å². The summed E-state index contributed by atoms with van der Waals surface area (Å²) in [7, 11) is -3.08. The third kappa shape index (κ3) is 4.25. The SMILES string of the molecule is CC1(c2ccc(-c3cc(C#N)cc4ccc(-c5ccc(C6CCCS6(=O)=O)cc5)cc34)cc2)NC(=O)NC1=O. The van der Waals surface area contributed by atoms with E-state index in [1.54, 1.807) is 6.92 Å². The lowest BCUT2D eigenvalue weighted by molar-refractivity contribution is -0.123. The molecule has 6 rings (SSSR count). The van der Waals surface area contributed by atoms with Crippen LogP contribution in [0.15, 0.2) is 78.9 Å². The number of amides is 3. The number of urea groups is 1. The molecule has 194 valence electrons. The van der Waals surface area contributed by atoms with Crippen molar-refractivity contribution in [3.05, 3.63) is 95.6 Å². The zero-order chi connectivity index (χ0) is 27.4. The molecule has 0 saturated carbocycles. The lowest BCUT2D eigenvalue weighted by Crippen LogP contribution is -2.40. The number of carbonyl (C=O) groups is 2. The molecule has 0 bridgehead atoms. The highest BCUT2D eigenvalue weighted by molar-refractivity contribution is 7.91. The van der Waals surface area contributed by atoms with E-state index in [1.807, 2.05) is 72.8 Å². The number of hydrogen-bond donors (Lipinski definition) is 2. The van der Waals surface area contributed by atoms with Gasteiger partial charge in [0.1, 0.15) is 5.54 Å². The van der Waals surface area contributed by atoms with E-state index < -0.39 is 32.6 Å². The number of benzene rings is 4. The van der Waals surface area contributed by atoms with E-state index in [1.165, 1.54) is 0 Å². The van der Waals surface area contributed by atoms with Crippen LogP contribution in [0.5, 0.6) is 0 Å². The summed E-state index contributed by atoms with van der Waals surface area (Å²) in [5.41, 5.74) is 4.55. The molecule has 2 aliphatic heterocycles. The lowest BCUT2D eigenvalue weighted by atomic mass is 9.89. The fourth-order valence-corrected chi connectivity index (χ4v) is 7.58. The molecule has 7 nitrogen and oxygen atoms in total. The van der Waals surface area contributed by atoms with E-state index >= 15 is 0 Å². The van der Waals surface area contributed by atoms with Crippen LogP contribution in [-0.4, -0.2) is 26.1 Å². The second-order valence-electron chi connectivity index (χ2n) is 10.3. The van der Waals surface area contributed by atoms with E-state index in [-0.39, 0.29) is 5.75 Å². The number of nitrogens with zero attached hydrogens (tertiary/aromatic N) is 1. The van der Waals surface area contributed by atoms with Crippen LogP contribution in [0.4, 0.5) is 4.79 Å². The minimum Gasteiger partial charge on any atom is -0.320 e. The van der Waals surface area contributed by atoms with Crippen LogP contribution in [0.25, 0.3) is 33.0 Å². The largest absolute Gasteiger partial charge is 0.322 e. The standard InChI is InChI=1S/C31H25N3O4S/c1-31(29(35)33-30(36)34-31)25-12-10-21(11-13-25)26-16-19(18-32)15-24-9-8-23(17-27(24)26)20-4-6-22(7-5-20)28-3-2-14-39(28,37)38/h4-13,15-17,28H,2-3,14H2,1H3,(H2,33,34,35,36). The molecular weight excluding hydrogens is 510 g/mol. The Morgan fingerprint density at radius 1 is 0.897 bits per heavy atom. The molecule has 39 heavy (non-hydrogen) atoms. The summed E-state index contributed by atoms with van der Waals surface area (Å²) in [6, 6.07) is 26.6. The molecule has 0 spiro atoms. The first kappa shape index (κ1) is 24.8. The van der Waals surface area contributed by atoms with Crippen molar-refractivity contribution < 1.29 is 18.0 Å². The molecule has 2 saturated heterocycles. The average Bonchev–Trinajstić information content (AvgIpc) is 3.43. The van der Waals surface area contributed by atoms with Gasteiger partial charge in [0, 0.05) is 0 Å². The number of nitriles is 1. The van der Waals surface area contributed by atoms with E-state index in [4.69, 9.17) is 0 Å². The highest BCUT2D eigenvalue weighted by Crippen LogP contribution is 2.37. The maximum atomic E-state index is 12.4. The maximum Gasteiger partial charge on any atom is 0.322 e. The monoisotopic (exact) mass is 535 g/mol. The van der Waals surface area contributed by atoms with Gasteiger partial charge in [-0.25, -0.2) is 13.2 Å². The third-order valence-electron chi connectivity index (χ3n) is 7.85. The summed E-state index contributed by atoms with van der Waals surface area (Å²) >= 11 is 0. The molecule has 2 aliphatic rings. The smallest absolute Gasteiger partial charge is 0.320 e. The van der Waals surface area contributed by atoms with Crippen molar-refractivity contribution in [2.45, 2.75) is 30.6 Å². The second-order valence-corrected chi connectivity index (χ2v) is 12.6.